The van der Waals surface area contributed by atoms with E-state index in [9.17, 15) is 0 Å². The van der Waals surface area contributed by atoms with Crippen LogP contribution in [0.5, 0.6) is 0 Å². The Balaban J connectivity index is 2.34. The van der Waals surface area contributed by atoms with Crippen molar-refractivity contribution in [1.82, 2.24) is 9.97 Å². The van der Waals surface area contributed by atoms with Crippen molar-refractivity contribution in [2.75, 3.05) is 0 Å². The van der Waals surface area contributed by atoms with Crippen molar-refractivity contribution < 1.29 is 0 Å². The Hall–Kier alpha value is -1.31. The molecule has 1 radical (unpaired) electrons. The highest BCUT2D eigenvalue weighted by Gasteiger charge is 2.14. The smallest absolute Gasteiger partial charge is 0.115 e. The number of aryl methyl sites for hydroxylation is 2. The van der Waals surface area contributed by atoms with Crippen molar-refractivity contribution in [2.45, 2.75) is 25.7 Å². The Morgan fingerprint density at radius 3 is 3.23 bits per heavy atom. The molecule has 2 aromatic rings. The molecule has 0 saturated carbocycles. The lowest BCUT2D eigenvalue weighted by atomic mass is 9.96. The van der Waals surface area contributed by atoms with Crippen LogP contribution in [0.4, 0.5) is 0 Å². The minimum Gasteiger partial charge on any atom is -0.356 e. The van der Waals surface area contributed by atoms with E-state index in [1.165, 1.54) is 42.3 Å². The molecule has 1 aliphatic carbocycles. The molecule has 0 saturated heterocycles. The number of rotatable bonds is 0. The first-order chi connectivity index (χ1) is 6.45. The summed E-state index contributed by atoms with van der Waals surface area (Å²) in [5, 5.41) is 1.32. The second kappa shape index (κ2) is 2.59. The van der Waals surface area contributed by atoms with Gasteiger partial charge in [-0.15, -0.1) is 0 Å². The fourth-order valence-corrected chi connectivity index (χ4v) is 2.20. The summed E-state index contributed by atoms with van der Waals surface area (Å²) >= 11 is 0. The molecule has 1 aliphatic rings. The highest BCUT2D eigenvalue weighted by molar-refractivity contribution is 5.83. The van der Waals surface area contributed by atoms with Gasteiger partial charge in [0, 0.05) is 17.3 Å². The zero-order valence-corrected chi connectivity index (χ0v) is 7.43. The Kier molecular flexibility index (Phi) is 1.42. The van der Waals surface area contributed by atoms with Crippen LogP contribution in [0.1, 0.15) is 24.1 Å². The number of aromatic amines is 1. The molecule has 2 heteroatoms. The molecule has 0 unspecified atom stereocenters. The molecule has 65 valence electrons. The van der Waals surface area contributed by atoms with Gasteiger partial charge in [-0.05, 0) is 37.3 Å². The summed E-state index contributed by atoms with van der Waals surface area (Å²) in [5.41, 5.74) is 3.99. The first kappa shape index (κ1) is 7.13. The van der Waals surface area contributed by atoms with Gasteiger partial charge in [0.2, 0.25) is 0 Å². The third-order valence-corrected chi connectivity index (χ3v) is 2.83. The fraction of sp³-hybridized carbons (Fsp3) is 0.364. The number of hydrogen-bond acceptors (Lipinski definition) is 1. The lowest BCUT2D eigenvalue weighted by molar-refractivity contribution is 0.680. The molecule has 0 atom stereocenters. The maximum atomic E-state index is 4.00. The van der Waals surface area contributed by atoms with E-state index in [4.69, 9.17) is 0 Å². The molecule has 1 N–H and O–H groups in total. The van der Waals surface area contributed by atoms with Gasteiger partial charge < -0.3 is 4.98 Å². The number of pyridine rings is 1. The van der Waals surface area contributed by atoms with Gasteiger partial charge in [0.15, 0.2) is 0 Å². The summed E-state index contributed by atoms with van der Waals surface area (Å²) in [7, 11) is 0. The van der Waals surface area contributed by atoms with E-state index in [0.717, 1.165) is 5.52 Å². The van der Waals surface area contributed by atoms with Gasteiger partial charge in [0.1, 0.15) is 6.20 Å². The van der Waals surface area contributed by atoms with Crippen LogP contribution < -0.4 is 0 Å². The largest absolute Gasteiger partial charge is 0.356 e. The molecule has 0 bridgehead atoms. The van der Waals surface area contributed by atoms with E-state index in [2.05, 4.69) is 22.2 Å². The van der Waals surface area contributed by atoms with Crippen LogP contribution >= 0.6 is 0 Å². The summed E-state index contributed by atoms with van der Waals surface area (Å²) in [4.78, 5) is 7.40. The molecule has 0 aliphatic heterocycles. The van der Waals surface area contributed by atoms with Crippen molar-refractivity contribution in [3.8, 4) is 0 Å². The molecule has 2 aromatic heterocycles. The van der Waals surface area contributed by atoms with Crippen LogP contribution in [0.15, 0.2) is 12.3 Å². The van der Waals surface area contributed by atoms with E-state index in [0.29, 0.717) is 0 Å². The topological polar surface area (TPSA) is 28.7 Å². The van der Waals surface area contributed by atoms with Crippen molar-refractivity contribution in [3.05, 3.63) is 29.7 Å². The van der Waals surface area contributed by atoms with E-state index in [1.807, 2.05) is 6.20 Å². The molecule has 2 heterocycles. The summed E-state index contributed by atoms with van der Waals surface area (Å²) < 4.78 is 0. The second-order valence-corrected chi connectivity index (χ2v) is 3.63. The highest BCUT2D eigenvalue weighted by Crippen LogP contribution is 2.27. The molecule has 0 amide bonds. The molecule has 0 spiro atoms. The summed E-state index contributed by atoms with van der Waals surface area (Å²) in [6, 6.07) is 2.09. The first-order valence-electron chi connectivity index (χ1n) is 4.81. The van der Waals surface area contributed by atoms with Crippen LogP contribution in [-0.2, 0) is 12.8 Å². The quantitative estimate of drug-likeness (QED) is 0.647. The van der Waals surface area contributed by atoms with Crippen molar-refractivity contribution in [3.63, 3.8) is 0 Å². The number of aromatic nitrogens is 2. The normalized spacial score (nSPS) is 16.0. The third-order valence-electron chi connectivity index (χ3n) is 2.83. The van der Waals surface area contributed by atoms with Crippen LogP contribution in [0, 0.1) is 6.20 Å². The number of nitrogens with zero attached hydrogens (tertiary/aromatic N) is 1. The lowest BCUT2D eigenvalue weighted by Gasteiger charge is -2.09. The van der Waals surface area contributed by atoms with Gasteiger partial charge in [-0.2, -0.15) is 0 Å². The van der Waals surface area contributed by atoms with Gasteiger partial charge in [0.05, 0.1) is 5.52 Å². The number of fused-ring (bicyclic) bond motifs is 3. The van der Waals surface area contributed by atoms with Gasteiger partial charge in [-0.1, -0.05) is 0 Å². The zero-order valence-electron chi connectivity index (χ0n) is 7.43. The summed E-state index contributed by atoms with van der Waals surface area (Å²) in [5.74, 6) is 0. The van der Waals surface area contributed by atoms with Gasteiger partial charge in [0.25, 0.3) is 0 Å². The van der Waals surface area contributed by atoms with E-state index in [1.54, 1.807) is 0 Å². The fourth-order valence-electron chi connectivity index (χ4n) is 2.20. The highest BCUT2D eigenvalue weighted by atomic mass is 14.8. The predicted octanol–water partition coefficient (Wildman–Crippen LogP) is 2.24. The maximum absolute atomic E-state index is 4.00. The van der Waals surface area contributed by atoms with E-state index in [-0.39, 0.29) is 0 Å². The minimum atomic E-state index is 1.08. The molecule has 3 rings (SSSR count). The van der Waals surface area contributed by atoms with Gasteiger partial charge in [-0.3, -0.25) is 4.98 Å². The number of hydrogen-bond donors (Lipinski definition) is 1. The van der Waals surface area contributed by atoms with Crippen molar-refractivity contribution in [1.29, 1.82) is 0 Å². The zero-order chi connectivity index (χ0) is 8.67. The average Bonchev–Trinajstić information content (AvgIpc) is 2.56. The average molecular weight is 171 g/mol. The lowest BCUT2D eigenvalue weighted by Crippen LogP contribution is -1.99. The Morgan fingerprint density at radius 2 is 2.23 bits per heavy atom. The van der Waals surface area contributed by atoms with Crippen LogP contribution in [0.2, 0.25) is 0 Å². The Morgan fingerprint density at radius 1 is 1.31 bits per heavy atom. The predicted molar refractivity (Wildman–Crippen MR) is 51.6 cm³/mol. The maximum Gasteiger partial charge on any atom is 0.115 e. The van der Waals surface area contributed by atoms with Gasteiger partial charge >= 0.3 is 0 Å². The molecule has 0 aromatic carbocycles. The Labute approximate surface area is 77.0 Å². The number of H-pyrrole nitrogens is 1. The first-order valence-corrected chi connectivity index (χ1v) is 4.81. The van der Waals surface area contributed by atoms with Gasteiger partial charge in [-0.25, -0.2) is 0 Å². The molecule has 2 nitrogen and oxygen atoms in total. The number of nitrogens with one attached hydrogen (secondary N) is 1. The SMILES string of the molecule is [c]1nccc2c3c([nH]c12)CCCC3. The molecular weight excluding hydrogens is 160 g/mol. The standard InChI is InChI=1S/C11H11N2/c1-2-4-10-8(3-1)9-5-6-12-7-11(9)13-10/h5-6,13H,1-4H2. The third kappa shape index (κ3) is 0.981. The minimum absolute atomic E-state index is 1.08. The van der Waals surface area contributed by atoms with E-state index < -0.39 is 0 Å². The monoisotopic (exact) mass is 171 g/mol. The van der Waals surface area contributed by atoms with Crippen molar-refractivity contribution >= 4 is 10.9 Å². The van der Waals surface area contributed by atoms with Crippen LogP contribution in [0.3, 0.4) is 0 Å². The second-order valence-electron chi connectivity index (χ2n) is 3.63. The summed E-state index contributed by atoms with van der Waals surface area (Å²) in [6.45, 7) is 0. The van der Waals surface area contributed by atoms with E-state index >= 15 is 0 Å². The summed E-state index contributed by atoms with van der Waals surface area (Å²) in [6.07, 6.45) is 9.87. The molecule has 0 fully saturated rings. The van der Waals surface area contributed by atoms with Crippen molar-refractivity contribution in [2.24, 2.45) is 0 Å². The van der Waals surface area contributed by atoms with Crippen LogP contribution in [0.25, 0.3) is 10.9 Å². The Bertz CT molecular complexity index is 442. The van der Waals surface area contributed by atoms with Crippen LogP contribution in [-0.4, -0.2) is 9.97 Å². The molecule has 13 heavy (non-hydrogen) atoms. The molecular formula is C11H11N2.